The van der Waals surface area contributed by atoms with Crippen LogP contribution in [0.25, 0.3) is 0 Å². The Morgan fingerprint density at radius 2 is 2.35 bits per heavy atom. The van der Waals surface area contributed by atoms with Gasteiger partial charge in [-0.25, -0.2) is 0 Å². The Morgan fingerprint density at radius 1 is 1.59 bits per heavy atom. The Bertz CT molecular complexity index is 479. The fourth-order valence-electron chi connectivity index (χ4n) is 1.56. The molecule has 1 heterocycles. The molecule has 1 aliphatic rings. The number of benzene rings is 1. The molecule has 0 radical (unpaired) electrons. The predicted octanol–water partition coefficient (Wildman–Crippen LogP) is 2.68. The van der Waals surface area contributed by atoms with Gasteiger partial charge in [0, 0.05) is 34.4 Å². The molecule has 0 fully saturated rings. The van der Waals surface area contributed by atoms with Crippen molar-refractivity contribution < 1.29 is 9.59 Å². The molecule has 2 rings (SSSR count). The van der Waals surface area contributed by atoms with E-state index in [0.717, 1.165) is 16.1 Å². The first kappa shape index (κ1) is 12.4. The maximum Gasteiger partial charge on any atom is 0.289 e. The third-order valence-corrected chi connectivity index (χ3v) is 4.08. The van der Waals surface area contributed by atoms with Crippen molar-refractivity contribution in [1.82, 2.24) is 4.90 Å². The summed E-state index contributed by atoms with van der Waals surface area (Å²) < 4.78 is 0. The van der Waals surface area contributed by atoms with Crippen LogP contribution in [-0.4, -0.2) is 28.4 Å². The monoisotopic (exact) mass is 314 g/mol. The lowest BCUT2D eigenvalue weighted by molar-refractivity contribution is -0.113. The van der Waals surface area contributed by atoms with Gasteiger partial charge in [0.15, 0.2) is 0 Å². The minimum Gasteiger partial charge on any atom is -0.332 e. The molecule has 17 heavy (non-hydrogen) atoms. The number of hydrogen-bond donors (Lipinski definition) is 1. The SMILES string of the molecule is CN(Cc1ccc2c(c1)NC(=O)CS2)C(=O)Br. The van der Waals surface area contributed by atoms with Crippen molar-refractivity contribution in [3.63, 3.8) is 0 Å². The molecule has 0 unspecified atom stereocenters. The van der Waals surface area contributed by atoms with Crippen molar-refractivity contribution in [3.8, 4) is 0 Å². The Kier molecular flexibility index (Phi) is 3.73. The van der Waals surface area contributed by atoms with E-state index in [1.807, 2.05) is 18.2 Å². The molecule has 0 saturated carbocycles. The van der Waals surface area contributed by atoms with Crippen LogP contribution in [0.2, 0.25) is 0 Å². The van der Waals surface area contributed by atoms with E-state index < -0.39 is 0 Å². The smallest absolute Gasteiger partial charge is 0.289 e. The van der Waals surface area contributed by atoms with E-state index in [0.29, 0.717) is 12.3 Å². The summed E-state index contributed by atoms with van der Waals surface area (Å²) in [5.74, 6) is 0.483. The average molecular weight is 315 g/mol. The Hall–Kier alpha value is -1.01. The van der Waals surface area contributed by atoms with Crippen LogP contribution in [-0.2, 0) is 11.3 Å². The van der Waals surface area contributed by atoms with E-state index in [9.17, 15) is 9.59 Å². The number of carbonyl (C=O) groups is 2. The molecule has 1 N–H and O–H groups in total. The number of hydrogen-bond acceptors (Lipinski definition) is 3. The lowest BCUT2D eigenvalue weighted by atomic mass is 10.2. The molecule has 1 aromatic carbocycles. The van der Waals surface area contributed by atoms with Crippen LogP contribution in [0, 0.1) is 0 Å². The normalized spacial score (nSPS) is 13.9. The van der Waals surface area contributed by atoms with E-state index in [4.69, 9.17) is 0 Å². The summed E-state index contributed by atoms with van der Waals surface area (Å²) >= 11 is 4.42. The lowest BCUT2D eigenvalue weighted by Gasteiger charge is -2.19. The Balaban J connectivity index is 2.18. The van der Waals surface area contributed by atoms with E-state index in [1.54, 1.807) is 11.9 Å². The number of nitrogens with one attached hydrogen (secondary N) is 1. The highest BCUT2D eigenvalue weighted by Crippen LogP contribution is 2.32. The molecule has 0 saturated heterocycles. The zero-order chi connectivity index (χ0) is 12.4. The summed E-state index contributed by atoms with van der Waals surface area (Å²) in [5.41, 5.74) is 1.82. The first-order valence-electron chi connectivity index (χ1n) is 5.02. The third-order valence-electron chi connectivity index (χ3n) is 2.40. The number of halogens is 1. The van der Waals surface area contributed by atoms with Gasteiger partial charge in [-0.2, -0.15) is 0 Å². The summed E-state index contributed by atoms with van der Waals surface area (Å²) in [6.07, 6.45) is 0. The first-order chi connectivity index (χ1) is 8.06. The summed E-state index contributed by atoms with van der Waals surface area (Å²) in [5, 5.41) is 2.83. The second-order valence-electron chi connectivity index (χ2n) is 3.78. The van der Waals surface area contributed by atoms with Gasteiger partial charge >= 0.3 is 0 Å². The maximum atomic E-state index is 11.3. The van der Waals surface area contributed by atoms with Crippen LogP contribution in [0.15, 0.2) is 23.1 Å². The minimum absolute atomic E-state index is 0.0181. The van der Waals surface area contributed by atoms with Crippen molar-refractivity contribution in [3.05, 3.63) is 23.8 Å². The summed E-state index contributed by atoms with van der Waals surface area (Å²) in [4.78, 5) is 24.8. The van der Waals surface area contributed by atoms with Gasteiger partial charge in [-0.1, -0.05) is 6.07 Å². The minimum atomic E-state index is -0.159. The first-order valence-corrected chi connectivity index (χ1v) is 6.80. The zero-order valence-electron chi connectivity index (χ0n) is 9.20. The van der Waals surface area contributed by atoms with Crippen LogP contribution in [0.4, 0.5) is 10.5 Å². The van der Waals surface area contributed by atoms with Gasteiger partial charge in [-0.05, 0) is 17.7 Å². The summed E-state index contributed by atoms with van der Waals surface area (Å²) in [6, 6.07) is 5.85. The number of thioether (sulfide) groups is 1. The fourth-order valence-corrected chi connectivity index (χ4v) is 2.48. The molecular formula is C11H11BrN2O2S. The standard InChI is InChI=1S/C11H11BrN2O2S/c1-14(11(12)16)5-7-2-3-9-8(4-7)13-10(15)6-17-9/h2-4H,5-6H2,1H3,(H,13,15). The van der Waals surface area contributed by atoms with Crippen LogP contribution < -0.4 is 5.32 Å². The molecule has 2 amide bonds. The molecule has 0 aliphatic carbocycles. The number of amides is 2. The van der Waals surface area contributed by atoms with Gasteiger partial charge in [-0.15, -0.1) is 11.8 Å². The van der Waals surface area contributed by atoms with Crippen molar-refractivity contribution >= 4 is 44.1 Å². The largest absolute Gasteiger partial charge is 0.332 e. The van der Waals surface area contributed by atoms with Crippen molar-refractivity contribution in [2.75, 3.05) is 18.1 Å². The average Bonchev–Trinajstić information content (AvgIpc) is 2.28. The van der Waals surface area contributed by atoms with Crippen LogP contribution in [0.3, 0.4) is 0 Å². The van der Waals surface area contributed by atoms with Crippen molar-refractivity contribution in [2.24, 2.45) is 0 Å². The highest BCUT2D eigenvalue weighted by molar-refractivity contribution is 9.18. The number of carbonyl (C=O) groups excluding carboxylic acids is 2. The molecular weight excluding hydrogens is 304 g/mol. The molecule has 1 aliphatic heterocycles. The number of anilines is 1. The molecule has 90 valence electrons. The number of rotatable bonds is 2. The lowest BCUT2D eigenvalue weighted by Crippen LogP contribution is -2.21. The predicted molar refractivity (Wildman–Crippen MR) is 71.6 cm³/mol. The highest BCUT2D eigenvalue weighted by atomic mass is 79.9. The summed E-state index contributed by atoms with van der Waals surface area (Å²) in [6.45, 7) is 0.512. The molecule has 4 nitrogen and oxygen atoms in total. The molecule has 1 aromatic rings. The number of nitrogens with zero attached hydrogens (tertiary/aromatic N) is 1. The summed E-state index contributed by atoms with van der Waals surface area (Å²) in [7, 11) is 1.71. The van der Waals surface area contributed by atoms with E-state index in [1.165, 1.54) is 11.8 Å². The Labute approximate surface area is 112 Å². The van der Waals surface area contributed by atoms with Gasteiger partial charge in [-0.3, -0.25) is 9.59 Å². The highest BCUT2D eigenvalue weighted by Gasteiger charge is 2.16. The van der Waals surface area contributed by atoms with E-state index >= 15 is 0 Å². The Morgan fingerprint density at radius 3 is 3.06 bits per heavy atom. The van der Waals surface area contributed by atoms with Gasteiger partial charge in [0.25, 0.3) is 4.82 Å². The van der Waals surface area contributed by atoms with Gasteiger partial charge in [0.1, 0.15) is 0 Å². The molecule has 0 aromatic heterocycles. The van der Waals surface area contributed by atoms with Crippen LogP contribution in [0.1, 0.15) is 5.56 Å². The second-order valence-corrected chi connectivity index (χ2v) is 5.47. The molecule has 0 spiro atoms. The molecule has 0 atom stereocenters. The van der Waals surface area contributed by atoms with Crippen molar-refractivity contribution in [1.29, 1.82) is 0 Å². The van der Waals surface area contributed by atoms with Crippen LogP contribution in [0.5, 0.6) is 0 Å². The number of fused-ring (bicyclic) bond motifs is 1. The van der Waals surface area contributed by atoms with E-state index in [-0.39, 0.29) is 10.7 Å². The maximum absolute atomic E-state index is 11.3. The van der Waals surface area contributed by atoms with Gasteiger partial charge in [0.05, 0.1) is 11.4 Å². The van der Waals surface area contributed by atoms with Gasteiger partial charge in [0.2, 0.25) is 5.91 Å². The molecule has 6 heteroatoms. The van der Waals surface area contributed by atoms with Crippen LogP contribution >= 0.6 is 27.7 Å². The fraction of sp³-hybridized carbons (Fsp3) is 0.273. The second kappa shape index (κ2) is 5.10. The van der Waals surface area contributed by atoms with Crippen molar-refractivity contribution in [2.45, 2.75) is 11.4 Å². The van der Waals surface area contributed by atoms with Gasteiger partial charge < -0.3 is 10.2 Å². The third kappa shape index (κ3) is 3.01. The van der Waals surface area contributed by atoms with E-state index in [2.05, 4.69) is 21.2 Å². The topological polar surface area (TPSA) is 49.4 Å². The molecule has 0 bridgehead atoms. The zero-order valence-corrected chi connectivity index (χ0v) is 11.6. The quantitative estimate of drug-likeness (QED) is 0.674.